The predicted molar refractivity (Wildman–Crippen MR) is 125 cm³/mol. The van der Waals surface area contributed by atoms with E-state index in [4.69, 9.17) is 39.5 Å². The zero-order chi connectivity index (χ0) is 21.7. The highest BCUT2D eigenvalue weighted by Gasteiger charge is 2.12. The Balaban J connectivity index is 1.68. The molecule has 3 aromatic rings. The van der Waals surface area contributed by atoms with Crippen molar-refractivity contribution < 1.29 is 9.53 Å². The summed E-state index contributed by atoms with van der Waals surface area (Å²) in [7, 11) is 0. The van der Waals surface area contributed by atoms with E-state index >= 15 is 0 Å². The Morgan fingerprint density at radius 2 is 1.70 bits per heavy atom. The summed E-state index contributed by atoms with van der Waals surface area (Å²) in [6, 6.07) is 16.3. The SMILES string of the molecule is Cc1cccc(NC(=O)COc2c(Cl)cc(C=Nc3cccc(Cl)c3C)cc2Cl)c1. The standard InChI is InChI=1S/C23H19Cl3N2O2/c1-14-5-3-6-17(9-14)28-22(29)13-30-23-19(25)10-16(11-20(23)26)12-27-21-8-4-7-18(24)15(21)2/h3-12H,13H2,1-2H3,(H,28,29). The first-order valence-electron chi connectivity index (χ1n) is 9.11. The van der Waals surface area contributed by atoms with Gasteiger partial charge in [0, 0.05) is 16.9 Å². The third-order valence-electron chi connectivity index (χ3n) is 4.26. The number of ether oxygens (including phenoxy) is 1. The Labute approximate surface area is 190 Å². The molecule has 0 unspecified atom stereocenters. The van der Waals surface area contributed by atoms with E-state index in [-0.39, 0.29) is 28.3 Å². The van der Waals surface area contributed by atoms with E-state index < -0.39 is 0 Å². The summed E-state index contributed by atoms with van der Waals surface area (Å²) >= 11 is 18.7. The van der Waals surface area contributed by atoms with Crippen molar-refractivity contribution in [2.24, 2.45) is 4.99 Å². The van der Waals surface area contributed by atoms with Crippen molar-refractivity contribution in [3.8, 4) is 5.75 Å². The van der Waals surface area contributed by atoms with E-state index in [0.717, 1.165) is 16.8 Å². The summed E-state index contributed by atoms with van der Waals surface area (Å²) in [6.07, 6.45) is 1.64. The molecule has 0 bridgehead atoms. The van der Waals surface area contributed by atoms with Gasteiger partial charge in [-0.05, 0) is 66.9 Å². The molecule has 0 saturated carbocycles. The topological polar surface area (TPSA) is 50.7 Å². The molecule has 0 saturated heterocycles. The third kappa shape index (κ3) is 5.76. The molecule has 0 spiro atoms. The Bertz CT molecular complexity index is 1090. The fourth-order valence-corrected chi connectivity index (χ4v) is 3.51. The Kier molecular flexibility index (Phi) is 7.38. The number of amides is 1. The van der Waals surface area contributed by atoms with E-state index in [1.807, 2.05) is 50.2 Å². The molecule has 1 amide bonds. The number of carbonyl (C=O) groups excluding carboxylic acids is 1. The van der Waals surface area contributed by atoms with Gasteiger partial charge >= 0.3 is 0 Å². The van der Waals surface area contributed by atoms with Crippen molar-refractivity contribution in [1.29, 1.82) is 0 Å². The van der Waals surface area contributed by atoms with Gasteiger partial charge in [-0.1, -0.05) is 53.0 Å². The number of anilines is 1. The lowest BCUT2D eigenvalue weighted by Crippen LogP contribution is -2.20. The lowest BCUT2D eigenvalue weighted by Gasteiger charge is -2.11. The zero-order valence-electron chi connectivity index (χ0n) is 16.4. The summed E-state index contributed by atoms with van der Waals surface area (Å²) in [5.41, 5.74) is 4.07. The monoisotopic (exact) mass is 460 g/mol. The maximum absolute atomic E-state index is 12.2. The van der Waals surface area contributed by atoms with Crippen LogP contribution in [0.3, 0.4) is 0 Å². The van der Waals surface area contributed by atoms with Gasteiger partial charge in [0.1, 0.15) is 0 Å². The highest BCUT2D eigenvalue weighted by atomic mass is 35.5. The Hall–Kier alpha value is -2.53. The fourth-order valence-electron chi connectivity index (χ4n) is 2.73. The van der Waals surface area contributed by atoms with Crippen molar-refractivity contribution in [1.82, 2.24) is 0 Å². The summed E-state index contributed by atoms with van der Waals surface area (Å²) < 4.78 is 5.55. The van der Waals surface area contributed by atoms with E-state index in [2.05, 4.69) is 10.3 Å². The molecule has 0 aliphatic carbocycles. The lowest BCUT2D eigenvalue weighted by molar-refractivity contribution is -0.118. The fraction of sp³-hybridized carbons (Fsp3) is 0.130. The average Bonchev–Trinajstić information content (AvgIpc) is 2.68. The van der Waals surface area contributed by atoms with Crippen LogP contribution >= 0.6 is 34.8 Å². The maximum atomic E-state index is 12.2. The van der Waals surface area contributed by atoms with Crippen LogP contribution in [0, 0.1) is 13.8 Å². The van der Waals surface area contributed by atoms with E-state index in [1.54, 1.807) is 24.4 Å². The van der Waals surface area contributed by atoms with Crippen LogP contribution in [0.5, 0.6) is 5.75 Å². The van der Waals surface area contributed by atoms with Gasteiger partial charge in [-0.2, -0.15) is 0 Å². The van der Waals surface area contributed by atoms with Crippen molar-refractivity contribution in [3.63, 3.8) is 0 Å². The van der Waals surface area contributed by atoms with Gasteiger partial charge in [0.05, 0.1) is 15.7 Å². The average molecular weight is 462 g/mol. The minimum absolute atomic E-state index is 0.220. The third-order valence-corrected chi connectivity index (χ3v) is 5.23. The molecule has 0 atom stereocenters. The van der Waals surface area contributed by atoms with Crippen LogP contribution in [0.15, 0.2) is 59.6 Å². The second-order valence-electron chi connectivity index (χ2n) is 6.66. The molecule has 0 aromatic heterocycles. The quantitative estimate of drug-likeness (QED) is 0.400. The number of aliphatic imine (C=N–C) groups is 1. The molecule has 0 aliphatic rings. The molecule has 30 heavy (non-hydrogen) atoms. The largest absolute Gasteiger partial charge is 0.481 e. The molecule has 0 fully saturated rings. The van der Waals surface area contributed by atoms with E-state index in [0.29, 0.717) is 16.3 Å². The normalized spacial score (nSPS) is 11.0. The molecule has 1 N–H and O–H groups in total. The van der Waals surface area contributed by atoms with Crippen LogP contribution in [0.1, 0.15) is 16.7 Å². The number of hydrogen-bond acceptors (Lipinski definition) is 3. The molecule has 7 heteroatoms. The van der Waals surface area contributed by atoms with Gasteiger partial charge in [0.15, 0.2) is 12.4 Å². The van der Waals surface area contributed by atoms with E-state index in [1.165, 1.54) is 0 Å². The molecular formula is C23H19Cl3N2O2. The molecular weight excluding hydrogens is 443 g/mol. The molecule has 4 nitrogen and oxygen atoms in total. The Morgan fingerprint density at radius 3 is 2.40 bits per heavy atom. The minimum Gasteiger partial charge on any atom is -0.481 e. The number of benzene rings is 3. The van der Waals surface area contributed by atoms with Crippen molar-refractivity contribution in [2.75, 3.05) is 11.9 Å². The van der Waals surface area contributed by atoms with E-state index in [9.17, 15) is 4.79 Å². The van der Waals surface area contributed by atoms with Gasteiger partial charge in [-0.25, -0.2) is 0 Å². The molecule has 3 aromatic carbocycles. The molecule has 0 radical (unpaired) electrons. The van der Waals surface area contributed by atoms with Crippen LogP contribution in [-0.2, 0) is 4.79 Å². The molecule has 0 heterocycles. The van der Waals surface area contributed by atoms with Crippen molar-refractivity contribution >= 4 is 58.3 Å². The summed E-state index contributed by atoms with van der Waals surface area (Å²) in [5, 5.41) is 3.99. The number of halogens is 3. The van der Waals surface area contributed by atoms with Gasteiger partial charge in [0.2, 0.25) is 0 Å². The smallest absolute Gasteiger partial charge is 0.262 e. The second kappa shape index (κ2) is 9.98. The number of nitrogens with zero attached hydrogens (tertiary/aromatic N) is 1. The molecule has 3 rings (SSSR count). The number of hydrogen-bond donors (Lipinski definition) is 1. The van der Waals surface area contributed by atoms with Gasteiger partial charge in [0.25, 0.3) is 5.91 Å². The molecule has 154 valence electrons. The second-order valence-corrected chi connectivity index (χ2v) is 7.88. The van der Waals surface area contributed by atoms with Crippen LogP contribution in [-0.4, -0.2) is 18.7 Å². The van der Waals surface area contributed by atoms with Crippen LogP contribution < -0.4 is 10.1 Å². The summed E-state index contributed by atoms with van der Waals surface area (Å²) in [6.45, 7) is 3.63. The minimum atomic E-state index is -0.310. The van der Waals surface area contributed by atoms with Gasteiger partial charge < -0.3 is 10.1 Å². The van der Waals surface area contributed by atoms with Gasteiger partial charge in [-0.15, -0.1) is 0 Å². The summed E-state index contributed by atoms with van der Waals surface area (Å²) in [5.74, 6) is -0.0661. The zero-order valence-corrected chi connectivity index (χ0v) is 18.6. The first-order chi connectivity index (χ1) is 14.3. The lowest BCUT2D eigenvalue weighted by atomic mass is 10.2. The van der Waals surface area contributed by atoms with Crippen molar-refractivity contribution in [2.45, 2.75) is 13.8 Å². The highest BCUT2D eigenvalue weighted by Crippen LogP contribution is 2.34. The number of nitrogens with one attached hydrogen (secondary N) is 1. The Morgan fingerprint density at radius 1 is 1.00 bits per heavy atom. The number of aryl methyl sites for hydroxylation is 1. The maximum Gasteiger partial charge on any atom is 0.262 e. The van der Waals surface area contributed by atoms with Crippen LogP contribution in [0.2, 0.25) is 15.1 Å². The van der Waals surface area contributed by atoms with Crippen LogP contribution in [0.25, 0.3) is 0 Å². The summed E-state index contributed by atoms with van der Waals surface area (Å²) in [4.78, 5) is 16.6. The molecule has 0 aliphatic heterocycles. The number of rotatable bonds is 6. The van der Waals surface area contributed by atoms with Gasteiger partial charge in [-0.3, -0.25) is 9.79 Å². The predicted octanol–water partition coefficient (Wildman–Crippen LogP) is 7.03. The van der Waals surface area contributed by atoms with Crippen molar-refractivity contribution in [3.05, 3.63) is 86.4 Å². The first-order valence-corrected chi connectivity index (χ1v) is 10.2. The van der Waals surface area contributed by atoms with Crippen LogP contribution in [0.4, 0.5) is 11.4 Å². The first kappa shape index (κ1) is 22.2. The number of carbonyl (C=O) groups is 1. The highest BCUT2D eigenvalue weighted by molar-refractivity contribution is 6.37.